The molecule has 0 bridgehead atoms. The van der Waals surface area contributed by atoms with E-state index in [1.165, 1.54) is 0 Å². The minimum atomic E-state index is -1.07. The number of ether oxygens (including phenoxy) is 5. The van der Waals surface area contributed by atoms with E-state index in [0.717, 1.165) is 17.7 Å². The summed E-state index contributed by atoms with van der Waals surface area (Å²) in [6.07, 6.45) is -2.39. The van der Waals surface area contributed by atoms with Crippen LogP contribution >= 0.6 is 0 Å². The van der Waals surface area contributed by atoms with Crippen LogP contribution in [-0.4, -0.2) is 59.9 Å². The number of hydrogen-bond donors (Lipinski definition) is 2. The van der Waals surface area contributed by atoms with Gasteiger partial charge in [-0.25, -0.2) is 0 Å². The van der Waals surface area contributed by atoms with Crippen LogP contribution in [0, 0.1) is 5.92 Å². The molecule has 1 aromatic carbocycles. The van der Waals surface area contributed by atoms with E-state index >= 15 is 0 Å². The van der Waals surface area contributed by atoms with Crippen molar-refractivity contribution < 1.29 is 33.9 Å². The van der Waals surface area contributed by atoms with E-state index in [1.807, 2.05) is 24.3 Å². The van der Waals surface area contributed by atoms with E-state index in [1.54, 1.807) is 13.8 Å². The molecule has 0 unspecified atom stereocenters. The summed E-state index contributed by atoms with van der Waals surface area (Å²) in [4.78, 5) is 0. The Labute approximate surface area is 166 Å². The van der Waals surface area contributed by atoms with Crippen LogP contribution in [0.5, 0.6) is 5.75 Å². The zero-order valence-electron chi connectivity index (χ0n) is 17.0. The highest BCUT2D eigenvalue weighted by Gasteiger charge is 2.56. The number of rotatable bonds is 9. The molecule has 5 atom stereocenters. The zero-order chi connectivity index (χ0) is 20.3. The highest BCUT2D eigenvalue weighted by atomic mass is 16.8. The van der Waals surface area contributed by atoms with E-state index < -0.39 is 43.1 Å². The molecule has 158 valence electrons. The summed E-state index contributed by atoms with van der Waals surface area (Å²) < 4.78 is 29.1. The van der Waals surface area contributed by atoms with Gasteiger partial charge >= 0.3 is 0 Å². The summed E-state index contributed by atoms with van der Waals surface area (Å²) in [6, 6.07) is 7.74. The molecule has 2 N–H and O–H groups in total. The normalized spacial score (nSPS) is 29.8. The number of hydrogen-bond acceptors (Lipinski definition) is 7. The molecule has 0 aliphatic carbocycles. The average Bonchev–Trinajstić information content (AvgIpc) is 3.12. The lowest BCUT2D eigenvalue weighted by Crippen LogP contribution is -2.44. The van der Waals surface area contributed by atoms with Gasteiger partial charge in [-0.3, -0.25) is 0 Å². The summed E-state index contributed by atoms with van der Waals surface area (Å²) >= 11 is 0. The van der Waals surface area contributed by atoms with Gasteiger partial charge in [0, 0.05) is 0 Å². The molecule has 7 heteroatoms. The number of aliphatic hydroxyl groups is 2. The van der Waals surface area contributed by atoms with Crippen LogP contribution in [0.15, 0.2) is 24.3 Å². The highest BCUT2D eigenvalue weighted by molar-refractivity contribution is 5.26. The van der Waals surface area contributed by atoms with Crippen LogP contribution < -0.4 is 4.74 Å². The standard InChI is InChI=1S/C21H32O7/c1-13(2)9-10-24-15-7-5-14(6-8-15)12-25-18-17(16(23)11-22)26-20-19(18)27-21(3,4)28-20/h5-8,13,16-20,22-23H,9-12H2,1-4H3/t16-,17+,18-,19+,20+/m0/s1. The fraction of sp³-hybridized carbons (Fsp3) is 0.714. The van der Waals surface area contributed by atoms with E-state index in [4.69, 9.17) is 23.7 Å². The first-order valence-electron chi connectivity index (χ1n) is 9.92. The van der Waals surface area contributed by atoms with E-state index in [0.29, 0.717) is 19.1 Å². The monoisotopic (exact) mass is 396 g/mol. The Bertz CT molecular complexity index is 616. The Morgan fingerprint density at radius 2 is 1.86 bits per heavy atom. The fourth-order valence-corrected chi connectivity index (χ4v) is 3.39. The summed E-state index contributed by atoms with van der Waals surface area (Å²) in [5.74, 6) is 0.664. The maximum absolute atomic E-state index is 10.1. The quantitative estimate of drug-likeness (QED) is 0.662. The second kappa shape index (κ2) is 9.07. The molecule has 2 aliphatic rings. The molecule has 2 saturated heterocycles. The molecule has 0 saturated carbocycles. The van der Waals surface area contributed by atoms with Crippen LogP contribution in [0.4, 0.5) is 0 Å². The fourth-order valence-electron chi connectivity index (χ4n) is 3.39. The topological polar surface area (TPSA) is 86.6 Å². The van der Waals surface area contributed by atoms with Crippen molar-refractivity contribution in [3.8, 4) is 5.75 Å². The smallest absolute Gasteiger partial charge is 0.190 e. The lowest BCUT2D eigenvalue weighted by atomic mass is 10.1. The predicted octanol–water partition coefficient (Wildman–Crippen LogP) is 2.23. The van der Waals surface area contributed by atoms with Crippen molar-refractivity contribution in [2.75, 3.05) is 13.2 Å². The molecular formula is C21H32O7. The number of benzene rings is 1. The second-order valence-corrected chi connectivity index (χ2v) is 8.27. The minimum absolute atomic E-state index is 0.321. The average molecular weight is 396 g/mol. The SMILES string of the molecule is CC(C)CCOc1ccc(CO[C@@H]2[C@H]3OC(C)(C)O[C@H]3O[C@@H]2[C@@H](O)CO)cc1. The van der Waals surface area contributed by atoms with E-state index in [9.17, 15) is 10.2 Å². The van der Waals surface area contributed by atoms with Gasteiger partial charge in [0.05, 0.1) is 19.8 Å². The lowest BCUT2D eigenvalue weighted by molar-refractivity contribution is -0.232. The Morgan fingerprint density at radius 1 is 1.14 bits per heavy atom. The molecule has 2 heterocycles. The van der Waals surface area contributed by atoms with Crippen LogP contribution in [0.3, 0.4) is 0 Å². The first kappa shape index (κ1) is 21.5. The van der Waals surface area contributed by atoms with Crippen molar-refractivity contribution >= 4 is 0 Å². The van der Waals surface area contributed by atoms with Crippen molar-refractivity contribution in [1.82, 2.24) is 0 Å². The molecular weight excluding hydrogens is 364 g/mol. The van der Waals surface area contributed by atoms with Crippen LogP contribution in [-0.2, 0) is 25.6 Å². The largest absolute Gasteiger partial charge is 0.494 e. The molecule has 2 aliphatic heterocycles. The van der Waals surface area contributed by atoms with Gasteiger partial charge in [-0.1, -0.05) is 26.0 Å². The van der Waals surface area contributed by atoms with E-state index in [2.05, 4.69) is 13.8 Å². The van der Waals surface area contributed by atoms with Crippen LogP contribution in [0.25, 0.3) is 0 Å². The molecule has 0 amide bonds. The molecule has 3 rings (SSSR count). The van der Waals surface area contributed by atoms with Crippen molar-refractivity contribution in [1.29, 1.82) is 0 Å². The van der Waals surface area contributed by atoms with Crippen molar-refractivity contribution in [2.45, 2.75) is 77.2 Å². The van der Waals surface area contributed by atoms with Gasteiger partial charge in [0.25, 0.3) is 0 Å². The van der Waals surface area contributed by atoms with Gasteiger partial charge in [0.1, 0.15) is 30.2 Å². The maximum Gasteiger partial charge on any atom is 0.190 e. The molecule has 0 radical (unpaired) electrons. The van der Waals surface area contributed by atoms with Gasteiger partial charge in [-0.2, -0.15) is 0 Å². The third-order valence-corrected chi connectivity index (χ3v) is 4.92. The van der Waals surface area contributed by atoms with Gasteiger partial charge in [0.2, 0.25) is 0 Å². The summed E-state index contributed by atoms with van der Waals surface area (Å²) in [6.45, 7) is 8.55. The molecule has 2 fully saturated rings. The summed E-state index contributed by atoms with van der Waals surface area (Å²) in [5, 5.41) is 19.4. The van der Waals surface area contributed by atoms with Crippen molar-refractivity contribution in [2.24, 2.45) is 5.92 Å². The minimum Gasteiger partial charge on any atom is -0.494 e. The third kappa shape index (κ3) is 5.23. The van der Waals surface area contributed by atoms with E-state index in [-0.39, 0.29) is 0 Å². The van der Waals surface area contributed by atoms with Gasteiger partial charge < -0.3 is 33.9 Å². The Balaban J connectivity index is 1.58. The predicted molar refractivity (Wildman–Crippen MR) is 102 cm³/mol. The maximum atomic E-state index is 10.1. The van der Waals surface area contributed by atoms with Gasteiger partial charge in [-0.05, 0) is 43.9 Å². The third-order valence-electron chi connectivity index (χ3n) is 4.92. The Hall–Kier alpha value is -1.22. The van der Waals surface area contributed by atoms with Crippen LogP contribution in [0.2, 0.25) is 0 Å². The van der Waals surface area contributed by atoms with Crippen molar-refractivity contribution in [3.05, 3.63) is 29.8 Å². The first-order chi connectivity index (χ1) is 13.3. The Kier molecular flexibility index (Phi) is 6.96. The number of fused-ring (bicyclic) bond motifs is 1. The molecule has 7 nitrogen and oxygen atoms in total. The summed E-state index contributed by atoms with van der Waals surface area (Å²) in [7, 11) is 0. The van der Waals surface area contributed by atoms with Crippen molar-refractivity contribution in [3.63, 3.8) is 0 Å². The first-order valence-corrected chi connectivity index (χ1v) is 9.92. The molecule has 0 spiro atoms. The zero-order valence-corrected chi connectivity index (χ0v) is 17.0. The second-order valence-electron chi connectivity index (χ2n) is 8.27. The number of aliphatic hydroxyl groups excluding tert-OH is 2. The lowest BCUT2D eigenvalue weighted by Gasteiger charge is -2.28. The Morgan fingerprint density at radius 3 is 2.50 bits per heavy atom. The molecule has 28 heavy (non-hydrogen) atoms. The summed E-state index contributed by atoms with van der Waals surface area (Å²) in [5.41, 5.74) is 0.968. The van der Waals surface area contributed by atoms with Crippen LogP contribution in [0.1, 0.15) is 39.7 Å². The molecule has 0 aromatic heterocycles. The van der Waals surface area contributed by atoms with Gasteiger partial charge in [0.15, 0.2) is 12.1 Å². The highest BCUT2D eigenvalue weighted by Crippen LogP contribution is 2.39. The molecule has 1 aromatic rings. The van der Waals surface area contributed by atoms with Gasteiger partial charge in [-0.15, -0.1) is 0 Å².